The summed E-state index contributed by atoms with van der Waals surface area (Å²) in [7, 11) is 0. The minimum Gasteiger partial charge on any atom is -0.351 e. The molecule has 0 saturated heterocycles. The van der Waals surface area contributed by atoms with Crippen molar-refractivity contribution in [3.63, 3.8) is 0 Å². The van der Waals surface area contributed by atoms with Gasteiger partial charge in [0.25, 0.3) is 5.91 Å². The van der Waals surface area contributed by atoms with E-state index in [-0.39, 0.29) is 11.5 Å². The van der Waals surface area contributed by atoms with E-state index in [0.717, 1.165) is 18.5 Å². The first-order chi connectivity index (χ1) is 16.7. The molecule has 0 atom stereocenters. The average molecular weight is 486 g/mol. The quantitative estimate of drug-likeness (QED) is 0.104. The number of nitrogens with zero attached hydrogens (tertiary/aromatic N) is 1. The molecule has 4 nitrogen and oxygen atoms in total. The van der Waals surface area contributed by atoms with Crippen LogP contribution in [-0.2, 0) is 4.79 Å². The number of nitriles is 1. The van der Waals surface area contributed by atoms with Crippen molar-refractivity contribution in [2.24, 2.45) is 0 Å². The number of carbonyl (C=O) groups excluding carboxylic acids is 1. The van der Waals surface area contributed by atoms with E-state index in [1.54, 1.807) is 0 Å². The zero-order valence-electron chi connectivity index (χ0n) is 21.7. The molecule has 190 valence electrons. The van der Waals surface area contributed by atoms with E-state index < -0.39 is 0 Å². The van der Waals surface area contributed by atoms with E-state index in [0.29, 0.717) is 11.6 Å². The molecule has 0 aliphatic rings. The number of para-hydroxylation sites is 1. The molecule has 0 aromatic heterocycles. The molecule has 0 fully saturated rings. The van der Waals surface area contributed by atoms with Crippen molar-refractivity contribution >= 4 is 23.4 Å². The Balaban J connectivity index is 2.04. The van der Waals surface area contributed by atoms with Crippen LogP contribution in [0, 0.1) is 11.3 Å². The second-order valence-electron chi connectivity index (χ2n) is 9.07. The van der Waals surface area contributed by atoms with E-state index in [9.17, 15) is 10.1 Å². The Morgan fingerprint density at radius 2 is 1.26 bits per heavy atom. The van der Waals surface area contributed by atoms with E-state index in [2.05, 4.69) is 23.6 Å². The number of thioether (sulfide) groups is 1. The summed E-state index contributed by atoms with van der Waals surface area (Å²) in [5.74, 6) is -0.295. The van der Waals surface area contributed by atoms with Crippen molar-refractivity contribution < 1.29 is 4.79 Å². The lowest BCUT2D eigenvalue weighted by molar-refractivity contribution is -0.117. The Bertz CT molecular complexity index is 712. The maximum absolute atomic E-state index is 12.5. The molecule has 0 heterocycles. The Hall–Kier alpha value is -1.93. The fourth-order valence-electron chi connectivity index (χ4n) is 4.04. The maximum Gasteiger partial charge on any atom is 0.264 e. The number of hydrogen-bond acceptors (Lipinski definition) is 4. The summed E-state index contributed by atoms with van der Waals surface area (Å²) in [5.41, 5.74) is 1.01. The fraction of sp³-hybridized carbons (Fsp3) is 0.655. The van der Waals surface area contributed by atoms with Gasteiger partial charge in [-0.3, -0.25) is 4.79 Å². The highest BCUT2D eigenvalue weighted by molar-refractivity contribution is 8.02. The van der Waals surface area contributed by atoms with Crippen LogP contribution in [-0.4, -0.2) is 18.7 Å². The van der Waals surface area contributed by atoms with Crippen LogP contribution in [0.15, 0.2) is 40.9 Å². The Morgan fingerprint density at radius 1 is 0.794 bits per heavy atom. The van der Waals surface area contributed by atoms with Crippen LogP contribution in [0.2, 0.25) is 0 Å². The number of hydrogen-bond donors (Lipinski definition) is 2. The van der Waals surface area contributed by atoms with Crippen LogP contribution >= 0.6 is 11.8 Å². The molecule has 1 rings (SSSR count). The lowest BCUT2D eigenvalue weighted by atomic mass is 10.0. The summed E-state index contributed by atoms with van der Waals surface area (Å²) in [6.07, 6.45) is 23.2. The van der Waals surface area contributed by atoms with E-state index in [1.165, 1.54) is 102 Å². The Labute approximate surface area is 213 Å². The highest BCUT2D eigenvalue weighted by atomic mass is 32.2. The first-order valence-electron chi connectivity index (χ1n) is 13.5. The van der Waals surface area contributed by atoms with Crippen LogP contribution in [0.5, 0.6) is 0 Å². The molecular formula is C29H47N3OS. The van der Waals surface area contributed by atoms with E-state index in [4.69, 9.17) is 0 Å². The summed E-state index contributed by atoms with van der Waals surface area (Å²) in [6, 6.07) is 11.7. The van der Waals surface area contributed by atoms with Gasteiger partial charge >= 0.3 is 0 Å². The molecule has 0 bridgehead atoms. The standard InChI is InChI=1S/C29H47N3OS/c1-3-4-5-6-7-8-9-10-11-12-13-14-15-16-17-21-24-31-28(33)27(25-30)29(34-2)32-26-22-19-18-20-23-26/h18-20,22-23,32H,3-17,21,24H2,1-2H3,(H,31,33)/b29-27+. The van der Waals surface area contributed by atoms with Crippen molar-refractivity contribution in [2.45, 2.75) is 110 Å². The van der Waals surface area contributed by atoms with Gasteiger partial charge in [-0.25, -0.2) is 0 Å². The smallest absolute Gasteiger partial charge is 0.264 e. The summed E-state index contributed by atoms with van der Waals surface area (Å²) in [4.78, 5) is 12.5. The lowest BCUT2D eigenvalue weighted by Crippen LogP contribution is -2.27. The first kappa shape index (κ1) is 30.1. The lowest BCUT2D eigenvalue weighted by Gasteiger charge is -2.11. The normalized spacial score (nSPS) is 11.6. The molecular weight excluding hydrogens is 438 g/mol. The molecule has 0 unspecified atom stereocenters. The Morgan fingerprint density at radius 3 is 1.71 bits per heavy atom. The van der Waals surface area contributed by atoms with E-state index >= 15 is 0 Å². The van der Waals surface area contributed by atoms with Crippen molar-refractivity contribution in [3.05, 3.63) is 40.9 Å². The molecule has 2 N–H and O–H groups in total. The summed E-state index contributed by atoms with van der Waals surface area (Å²) in [6.45, 7) is 2.90. The predicted octanol–water partition coefficient (Wildman–Crippen LogP) is 8.57. The second kappa shape index (κ2) is 21.6. The highest BCUT2D eigenvalue weighted by Gasteiger charge is 2.15. The molecule has 0 radical (unpaired) electrons. The van der Waals surface area contributed by atoms with Crippen LogP contribution in [0.25, 0.3) is 0 Å². The number of carbonyl (C=O) groups is 1. The topological polar surface area (TPSA) is 64.9 Å². The van der Waals surface area contributed by atoms with Gasteiger partial charge in [0.15, 0.2) is 0 Å². The van der Waals surface area contributed by atoms with Gasteiger partial charge in [0.2, 0.25) is 0 Å². The molecule has 0 saturated carbocycles. The van der Waals surface area contributed by atoms with Crippen LogP contribution in [0.3, 0.4) is 0 Å². The number of amides is 1. The molecule has 1 amide bonds. The fourth-order valence-corrected chi connectivity index (χ4v) is 4.60. The zero-order chi connectivity index (χ0) is 24.7. The SMILES string of the molecule is CCCCCCCCCCCCCCCCCCNC(=O)/C(C#N)=C(\Nc1ccccc1)SC. The maximum atomic E-state index is 12.5. The number of nitrogens with one attached hydrogen (secondary N) is 2. The van der Waals surface area contributed by atoms with Gasteiger partial charge in [-0.1, -0.05) is 121 Å². The summed E-state index contributed by atoms with van der Waals surface area (Å²) < 4.78 is 0. The second-order valence-corrected chi connectivity index (χ2v) is 9.89. The molecule has 0 spiro atoms. The van der Waals surface area contributed by atoms with Gasteiger partial charge in [0.1, 0.15) is 11.6 Å². The third-order valence-electron chi connectivity index (χ3n) is 6.12. The zero-order valence-corrected chi connectivity index (χ0v) is 22.5. The molecule has 1 aromatic carbocycles. The molecule has 1 aromatic rings. The molecule has 34 heavy (non-hydrogen) atoms. The number of rotatable bonds is 21. The summed E-state index contributed by atoms with van der Waals surface area (Å²) in [5, 5.41) is 16.2. The largest absolute Gasteiger partial charge is 0.351 e. The van der Waals surface area contributed by atoms with Gasteiger partial charge in [-0.2, -0.15) is 5.26 Å². The monoisotopic (exact) mass is 485 g/mol. The van der Waals surface area contributed by atoms with Crippen LogP contribution in [0.1, 0.15) is 110 Å². The first-order valence-corrected chi connectivity index (χ1v) is 14.7. The van der Waals surface area contributed by atoms with Crippen molar-refractivity contribution in [1.82, 2.24) is 5.32 Å². The summed E-state index contributed by atoms with van der Waals surface area (Å²) >= 11 is 1.38. The third-order valence-corrected chi connectivity index (χ3v) is 6.83. The molecule has 0 aliphatic heterocycles. The van der Waals surface area contributed by atoms with Crippen LogP contribution < -0.4 is 10.6 Å². The molecule has 5 heteroatoms. The molecule has 0 aliphatic carbocycles. The number of benzene rings is 1. The van der Waals surface area contributed by atoms with Crippen molar-refractivity contribution in [1.29, 1.82) is 5.26 Å². The number of anilines is 1. The van der Waals surface area contributed by atoms with Gasteiger partial charge in [-0.05, 0) is 24.8 Å². The average Bonchev–Trinajstić information content (AvgIpc) is 2.86. The van der Waals surface area contributed by atoms with Crippen LogP contribution in [0.4, 0.5) is 5.69 Å². The van der Waals surface area contributed by atoms with E-state index in [1.807, 2.05) is 36.6 Å². The minimum atomic E-state index is -0.295. The van der Waals surface area contributed by atoms with Crippen molar-refractivity contribution in [3.8, 4) is 6.07 Å². The predicted molar refractivity (Wildman–Crippen MR) is 149 cm³/mol. The van der Waals surface area contributed by atoms with Gasteiger partial charge in [0, 0.05) is 12.2 Å². The number of unbranched alkanes of at least 4 members (excludes halogenated alkanes) is 15. The van der Waals surface area contributed by atoms with Gasteiger partial charge in [-0.15, -0.1) is 11.8 Å². The van der Waals surface area contributed by atoms with Gasteiger partial charge in [0.05, 0.1) is 5.03 Å². The highest BCUT2D eigenvalue weighted by Crippen LogP contribution is 2.20. The van der Waals surface area contributed by atoms with Gasteiger partial charge < -0.3 is 10.6 Å². The Kier molecular flexibility index (Phi) is 19.1. The van der Waals surface area contributed by atoms with Crippen molar-refractivity contribution in [2.75, 3.05) is 18.1 Å². The minimum absolute atomic E-state index is 0.146. The third kappa shape index (κ3) is 15.1.